The second kappa shape index (κ2) is 4.88. The molecule has 0 atom stereocenters. The summed E-state index contributed by atoms with van der Waals surface area (Å²) < 4.78 is 2.68. The molecule has 6 heteroatoms. The molecule has 5 nitrogen and oxygen atoms in total. The van der Waals surface area contributed by atoms with Gasteiger partial charge in [0, 0.05) is 18.6 Å². The molecule has 1 N–H and O–H groups in total. The SMILES string of the molecule is Cn1nccc1C(=O)Nc1nc2c(cc3c4c(cccc42)CC3)s1. The van der Waals surface area contributed by atoms with Crippen molar-refractivity contribution in [1.82, 2.24) is 14.8 Å². The third-order valence-electron chi connectivity index (χ3n) is 4.62. The number of carbonyl (C=O) groups is 1. The number of aromatic nitrogens is 3. The van der Waals surface area contributed by atoms with Gasteiger partial charge in [0.25, 0.3) is 5.91 Å². The molecule has 0 bridgehead atoms. The van der Waals surface area contributed by atoms with E-state index in [9.17, 15) is 4.79 Å². The highest BCUT2D eigenvalue weighted by atomic mass is 32.1. The third-order valence-corrected chi connectivity index (χ3v) is 5.54. The van der Waals surface area contributed by atoms with Gasteiger partial charge in [-0.3, -0.25) is 14.8 Å². The lowest BCUT2D eigenvalue weighted by molar-refractivity contribution is 0.101. The molecule has 0 spiro atoms. The number of carbonyl (C=O) groups excluding carboxylic acids is 1. The molecule has 0 saturated heterocycles. The van der Waals surface area contributed by atoms with Crippen LogP contribution in [0.3, 0.4) is 0 Å². The van der Waals surface area contributed by atoms with Gasteiger partial charge in [-0.05, 0) is 41.5 Å². The summed E-state index contributed by atoms with van der Waals surface area (Å²) in [6, 6.07) is 10.3. The molecule has 0 saturated carbocycles. The van der Waals surface area contributed by atoms with Crippen LogP contribution in [0.1, 0.15) is 21.6 Å². The first kappa shape index (κ1) is 13.7. The van der Waals surface area contributed by atoms with Gasteiger partial charge < -0.3 is 0 Å². The normalized spacial score (nSPS) is 13.0. The van der Waals surface area contributed by atoms with Gasteiger partial charge in [-0.2, -0.15) is 5.10 Å². The summed E-state index contributed by atoms with van der Waals surface area (Å²) in [5.74, 6) is -0.189. The van der Waals surface area contributed by atoms with Crippen LogP contribution in [0, 0.1) is 0 Å². The van der Waals surface area contributed by atoms with Gasteiger partial charge in [-0.25, -0.2) is 4.98 Å². The lowest BCUT2D eigenvalue weighted by atomic mass is 10.0. The topological polar surface area (TPSA) is 59.8 Å². The van der Waals surface area contributed by atoms with Gasteiger partial charge in [0.2, 0.25) is 0 Å². The predicted molar refractivity (Wildman–Crippen MR) is 95.7 cm³/mol. The van der Waals surface area contributed by atoms with Crippen molar-refractivity contribution >= 4 is 43.4 Å². The predicted octanol–water partition coefficient (Wildman–Crippen LogP) is 3.53. The minimum absolute atomic E-state index is 0.189. The standard InChI is InChI=1S/C18H14N4OS/c1-22-13(7-8-19-22)17(23)21-18-20-16-12-4-2-3-10-5-6-11(15(10)12)9-14(16)24-18/h2-4,7-9H,5-6H2,1H3,(H,20,21,23). The van der Waals surface area contributed by atoms with Crippen molar-refractivity contribution in [3.05, 3.63) is 53.3 Å². The second-order valence-electron chi connectivity index (χ2n) is 6.04. The van der Waals surface area contributed by atoms with Crippen LogP contribution < -0.4 is 5.32 Å². The van der Waals surface area contributed by atoms with Crippen molar-refractivity contribution in [3.8, 4) is 0 Å². The Bertz CT molecular complexity index is 1120. The number of nitrogens with one attached hydrogen (secondary N) is 1. The summed E-state index contributed by atoms with van der Waals surface area (Å²) in [4.78, 5) is 17.1. The van der Waals surface area contributed by atoms with Crippen LogP contribution in [0.5, 0.6) is 0 Å². The molecule has 2 heterocycles. The van der Waals surface area contributed by atoms with Crippen LogP contribution in [-0.4, -0.2) is 20.7 Å². The first-order valence-electron chi connectivity index (χ1n) is 7.84. The van der Waals surface area contributed by atoms with Gasteiger partial charge >= 0.3 is 0 Å². The molecule has 1 aliphatic rings. The molecule has 4 aromatic rings. The van der Waals surface area contributed by atoms with Crippen LogP contribution in [-0.2, 0) is 19.9 Å². The molecule has 118 valence electrons. The molecule has 24 heavy (non-hydrogen) atoms. The number of anilines is 1. The number of thiazole rings is 1. The first-order chi connectivity index (χ1) is 11.7. The molecule has 5 rings (SSSR count). The molecule has 2 aromatic carbocycles. The van der Waals surface area contributed by atoms with Gasteiger partial charge in [0.15, 0.2) is 5.13 Å². The zero-order valence-corrected chi connectivity index (χ0v) is 13.9. The van der Waals surface area contributed by atoms with Gasteiger partial charge in [-0.15, -0.1) is 0 Å². The van der Waals surface area contributed by atoms with Crippen molar-refractivity contribution in [3.63, 3.8) is 0 Å². The molecular weight excluding hydrogens is 320 g/mol. The van der Waals surface area contributed by atoms with E-state index >= 15 is 0 Å². The van der Waals surface area contributed by atoms with E-state index < -0.39 is 0 Å². The van der Waals surface area contributed by atoms with Gasteiger partial charge in [-0.1, -0.05) is 29.5 Å². The molecule has 0 aliphatic heterocycles. The number of aryl methyl sites for hydroxylation is 3. The monoisotopic (exact) mass is 334 g/mol. The lowest BCUT2D eigenvalue weighted by Gasteiger charge is -2.02. The Morgan fingerprint density at radius 3 is 2.96 bits per heavy atom. The van der Waals surface area contributed by atoms with Crippen molar-refractivity contribution in [2.24, 2.45) is 7.05 Å². The van der Waals surface area contributed by atoms with Crippen LogP contribution in [0.2, 0.25) is 0 Å². The Balaban J connectivity index is 1.62. The minimum Gasteiger partial charge on any atom is -0.296 e. The summed E-state index contributed by atoms with van der Waals surface area (Å²) in [5.41, 5.74) is 4.28. The lowest BCUT2D eigenvalue weighted by Crippen LogP contribution is -2.15. The Kier molecular flexibility index (Phi) is 2.78. The fourth-order valence-corrected chi connectivity index (χ4v) is 4.46. The van der Waals surface area contributed by atoms with Crippen LogP contribution in [0.4, 0.5) is 5.13 Å². The van der Waals surface area contributed by atoms with E-state index in [0.29, 0.717) is 10.8 Å². The zero-order valence-electron chi connectivity index (χ0n) is 13.0. The summed E-state index contributed by atoms with van der Waals surface area (Å²) >= 11 is 1.52. The van der Waals surface area contributed by atoms with Crippen molar-refractivity contribution in [2.75, 3.05) is 5.32 Å². The van der Waals surface area contributed by atoms with Crippen molar-refractivity contribution in [1.29, 1.82) is 0 Å². The maximum absolute atomic E-state index is 12.4. The summed E-state index contributed by atoms with van der Waals surface area (Å²) in [6.07, 6.45) is 3.80. The van der Waals surface area contributed by atoms with Crippen LogP contribution in [0.15, 0.2) is 36.5 Å². The largest absolute Gasteiger partial charge is 0.296 e. The van der Waals surface area contributed by atoms with E-state index in [4.69, 9.17) is 0 Å². The Labute approximate surface area is 141 Å². The summed E-state index contributed by atoms with van der Waals surface area (Å²) in [7, 11) is 1.75. The fraction of sp³-hybridized carbons (Fsp3) is 0.167. The summed E-state index contributed by atoms with van der Waals surface area (Å²) in [5, 5.41) is 10.1. The molecule has 1 aliphatic carbocycles. The third kappa shape index (κ3) is 1.89. The molecular formula is C18H14N4OS. The molecule has 2 aromatic heterocycles. The van der Waals surface area contributed by atoms with E-state index in [2.05, 4.69) is 39.7 Å². The second-order valence-corrected chi connectivity index (χ2v) is 7.07. The van der Waals surface area contributed by atoms with E-state index in [1.165, 1.54) is 33.2 Å². The summed E-state index contributed by atoms with van der Waals surface area (Å²) in [6.45, 7) is 0. The highest BCUT2D eigenvalue weighted by Crippen LogP contribution is 2.39. The molecule has 0 radical (unpaired) electrons. The number of benzene rings is 2. The maximum Gasteiger partial charge on any atom is 0.275 e. The first-order valence-corrected chi connectivity index (χ1v) is 8.66. The molecule has 0 unspecified atom stereocenters. The Morgan fingerprint density at radius 1 is 1.25 bits per heavy atom. The zero-order chi connectivity index (χ0) is 16.3. The average molecular weight is 334 g/mol. The van der Waals surface area contributed by atoms with Crippen molar-refractivity contribution in [2.45, 2.75) is 12.8 Å². The highest BCUT2D eigenvalue weighted by molar-refractivity contribution is 7.22. The number of hydrogen-bond acceptors (Lipinski definition) is 4. The number of rotatable bonds is 2. The Morgan fingerprint density at radius 2 is 2.12 bits per heavy atom. The van der Waals surface area contributed by atoms with E-state index in [1.807, 2.05) is 0 Å². The average Bonchev–Trinajstić information content (AvgIpc) is 3.27. The molecule has 0 fully saturated rings. The molecule has 1 amide bonds. The van der Waals surface area contributed by atoms with Crippen LogP contribution in [0.25, 0.3) is 21.0 Å². The van der Waals surface area contributed by atoms with E-state index in [-0.39, 0.29) is 5.91 Å². The number of fused-ring (bicyclic) bond motifs is 2. The van der Waals surface area contributed by atoms with Crippen LogP contribution >= 0.6 is 11.3 Å². The number of hydrogen-bond donors (Lipinski definition) is 1. The van der Waals surface area contributed by atoms with E-state index in [1.54, 1.807) is 24.0 Å². The van der Waals surface area contributed by atoms with E-state index in [0.717, 1.165) is 23.1 Å². The Hall–Kier alpha value is -2.73. The minimum atomic E-state index is -0.189. The van der Waals surface area contributed by atoms with Gasteiger partial charge in [0.1, 0.15) is 5.69 Å². The number of amides is 1. The quantitative estimate of drug-likeness (QED) is 0.610. The van der Waals surface area contributed by atoms with Gasteiger partial charge in [0.05, 0.1) is 10.2 Å². The van der Waals surface area contributed by atoms with Crippen molar-refractivity contribution < 1.29 is 4.79 Å². The fourth-order valence-electron chi connectivity index (χ4n) is 3.52. The number of nitrogens with zero attached hydrogens (tertiary/aromatic N) is 3. The smallest absolute Gasteiger partial charge is 0.275 e. The maximum atomic E-state index is 12.4. The highest BCUT2D eigenvalue weighted by Gasteiger charge is 2.19.